The minimum atomic E-state index is -0.138. The Labute approximate surface area is 147 Å². The summed E-state index contributed by atoms with van der Waals surface area (Å²) in [5, 5.41) is 2.91. The number of nitrogens with one attached hydrogen (secondary N) is 1. The fourth-order valence-electron chi connectivity index (χ4n) is 2.88. The quantitative estimate of drug-likeness (QED) is 0.713. The van der Waals surface area contributed by atoms with Crippen LogP contribution in [0.1, 0.15) is 36.5 Å². The summed E-state index contributed by atoms with van der Waals surface area (Å²) in [6.45, 7) is 8.07. The van der Waals surface area contributed by atoms with E-state index in [2.05, 4.69) is 29.0 Å². The molecule has 0 atom stereocenters. The standard InChI is InChI=1S/C20H23N3O2/c1-4-12-23(5-2)17-9-6-15(7-10-17)20(24)22-16-8-11-18-19(13-16)25-14(3)21-18/h6-11,13H,4-5,12H2,1-3H3,(H,22,24). The highest BCUT2D eigenvalue weighted by molar-refractivity contribution is 6.05. The van der Waals surface area contributed by atoms with Gasteiger partial charge in [0.25, 0.3) is 5.91 Å². The second-order valence-electron chi connectivity index (χ2n) is 6.00. The van der Waals surface area contributed by atoms with Gasteiger partial charge in [-0.3, -0.25) is 4.79 Å². The van der Waals surface area contributed by atoms with Gasteiger partial charge in [-0.25, -0.2) is 4.98 Å². The van der Waals surface area contributed by atoms with E-state index < -0.39 is 0 Å². The first kappa shape index (κ1) is 17.0. The van der Waals surface area contributed by atoms with Crippen molar-refractivity contribution >= 4 is 28.4 Å². The number of amides is 1. The number of rotatable bonds is 6. The number of carbonyl (C=O) groups excluding carboxylic acids is 1. The second-order valence-corrected chi connectivity index (χ2v) is 6.00. The number of benzene rings is 2. The number of carbonyl (C=O) groups is 1. The third-order valence-corrected chi connectivity index (χ3v) is 4.12. The van der Waals surface area contributed by atoms with E-state index in [1.165, 1.54) is 0 Å². The van der Waals surface area contributed by atoms with Crippen molar-refractivity contribution in [1.82, 2.24) is 4.98 Å². The summed E-state index contributed by atoms with van der Waals surface area (Å²) < 4.78 is 5.51. The number of oxazole rings is 1. The largest absolute Gasteiger partial charge is 0.441 e. The van der Waals surface area contributed by atoms with Gasteiger partial charge in [0.15, 0.2) is 11.5 Å². The van der Waals surface area contributed by atoms with Gasteiger partial charge < -0.3 is 14.6 Å². The lowest BCUT2D eigenvalue weighted by molar-refractivity contribution is 0.102. The lowest BCUT2D eigenvalue weighted by atomic mass is 10.1. The molecule has 0 radical (unpaired) electrons. The van der Waals surface area contributed by atoms with Crippen LogP contribution < -0.4 is 10.2 Å². The van der Waals surface area contributed by atoms with E-state index in [-0.39, 0.29) is 5.91 Å². The van der Waals surface area contributed by atoms with Crippen LogP contribution in [-0.4, -0.2) is 24.0 Å². The smallest absolute Gasteiger partial charge is 0.255 e. The predicted octanol–water partition coefficient (Wildman–Crippen LogP) is 4.62. The molecule has 0 saturated heterocycles. The van der Waals surface area contributed by atoms with E-state index in [9.17, 15) is 4.79 Å². The molecule has 5 heteroatoms. The van der Waals surface area contributed by atoms with Crippen LogP contribution in [0.4, 0.5) is 11.4 Å². The molecular weight excluding hydrogens is 314 g/mol. The van der Waals surface area contributed by atoms with E-state index in [0.717, 1.165) is 30.7 Å². The zero-order valence-corrected chi connectivity index (χ0v) is 14.9. The van der Waals surface area contributed by atoms with Crippen molar-refractivity contribution in [2.75, 3.05) is 23.3 Å². The maximum Gasteiger partial charge on any atom is 0.255 e. The Balaban J connectivity index is 1.73. The summed E-state index contributed by atoms with van der Waals surface area (Å²) in [5.74, 6) is 0.474. The average molecular weight is 337 g/mol. The summed E-state index contributed by atoms with van der Waals surface area (Å²) in [5.41, 5.74) is 3.92. The Bertz CT molecular complexity index is 868. The van der Waals surface area contributed by atoms with Crippen LogP contribution in [0.3, 0.4) is 0 Å². The molecule has 2 aromatic carbocycles. The number of aromatic nitrogens is 1. The van der Waals surface area contributed by atoms with Gasteiger partial charge >= 0.3 is 0 Å². The van der Waals surface area contributed by atoms with Crippen molar-refractivity contribution in [2.45, 2.75) is 27.2 Å². The molecule has 25 heavy (non-hydrogen) atoms. The molecule has 0 bridgehead atoms. The molecule has 130 valence electrons. The summed E-state index contributed by atoms with van der Waals surface area (Å²) in [6, 6.07) is 13.2. The van der Waals surface area contributed by atoms with E-state index in [0.29, 0.717) is 22.7 Å². The number of aryl methyl sites for hydroxylation is 1. The van der Waals surface area contributed by atoms with Crippen molar-refractivity contribution in [2.24, 2.45) is 0 Å². The fraction of sp³-hybridized carbons (Fsp3) is 0.300. The number of fused-ring (bicyclic) bond motifs is 1. The zero-order valence-electron chi connectivity index (χ0n) is 14.9. The molecule has 0 aliphatic carbocycles. The van der Waals surface area contributed by atoms with Crippen molar-refractivity contribution in [3.05, 3.63) is 53.9 Å². The third-order valence-electron chi connectivity index (χ3n) is 4.12. The summed E-state index contributed by atoms with van der Waals surface area (Å²) in [7, 11) is 0. The maximum atomic E-state index is 12.5. The lowest BCUT2D eigenvalue weighted by Gasteiger charge is -2.22. The molecule has 0 spiro atoms. The van der Waals surface area contributed by atoms with Gasteiger partial charge in [-0.05, 0) is 49.7 Å². The Hall–Kier alpha value is -2.82. The Morgan fingerprint density at radius 2 is 1.92 bits per heavy atom. The minimum absolute atomic E-state index is 0.138. The van der Waals surface area contributed by atoms with Crippen LogP contribution in [0.15, 0.2) is 46.9 Å². The van der Waals surface area contributed by atoms with Crippen molar-refractivity contribution in [1.29, 1.82) is 0 Å². The van der Waals surface area contributed by atoms with Crippen LogP contribution in [0.2, 0.25) is 0 Å². The van der Waals surface area contributed by atoms with Crippen LogP contribution in [-0.2, 0) is 0 Å². The van der Waals surface area contributed by atoms with Crippen molar-refractivity contribution in [3.63, 3.8) is 0 Å². The molecular formula is C20H23N3O2. The molecule has 1 amide bonds. The highest BCUT2D eigenvalue weighted by atomic mass is 16.3. The van der Waals surface area contributed by atoms with Gasteiger partial charge in [0.05, 0.1) is 0 Å². The first-order valence-electron chi connectivity index (χ1n) is 8.64. The molecule has 0 saturated carbocycles. The van der Waals surface area contributed by atoms with Crippen LogP contribution in [0.5, 0.6) is 0 Å². The SMILES string of the molecule is CCCN(CC)c1ccc(C(=O)Nc2ccc3nc(C)oc3c2)cc1. The van der Waals surface area contributed by atoms with Crippen LogP contribution in [0.25, 0.3) is 11.1 Å². The van der Waals surface area contributed by atoms with Gasteiger partial charge in [-0.2, -0.15) is 0 Å². The number of hydrogen-bond donors (Lipinski definition) is 1. The topological polar surface area (TPSA) is 58.4 Å². The molecule has 0 unspecified atom stereocenters. The highest BCUT2D eigenvalue weighted by Gasteiger charge is 2.10. The number of nitrogens with zero attached hydrogens (tertiary/aromatic N) is 2. The predicted molar refractivity (Wildman–Crippen MR) is 101 cm³/mol. The van der Waals surface area contributed by atoms with Crippen LogP contribution >= 0.6 is 0 Å². The first-order chi connectivity index (χ1) is 12.1. The van der Waals surface area contributed by atoms with E-state index in [4.69, 9.17) is 4.42 Å². The molecule has 3 aromatic rings. The number of hydrogen-bond acceptors (Lipinski definition) is 4. The number of anilines is 2. The summed E-state index contributed by atoms with van der Waals surface area (Å²) in [6.07, 6.45) is 1.10. The lowest BCUT2D eigenvalue weighted by Crippen LogP contribution is -2.23. The van der Waals surface area contributed by atoms with Crippen molar-refractivity contribution in [3.8, 4) is 0 Å². The normalized spacial score (nSPS) is 10.8. The second kappa shape index (κ2) is 7.38. The maximum absolute atomic E-state index is 12.5. The molecule has 0 aliphatic rings. The molecule has 1 heterocycles. The Morgan fingerprint density at radius 1 is 1.16 bits per heavy atom. The van der Waals surface area contributed by atoms with Gasteiger partial charge in [0, 0.05) is 43.0 Å². The fourth-order valence-corrected chi connectivity index (χ4v) is 2.88. The molecule has 3 rings (SSSR count). The van der Waals surface area contributed by atoms with E-state index in [1.807, 2.05) is 36.4 Å². The zero-order chi connectivity index (χ0) is 17.8. The summed E-state index contributed by atoms with van der Waals surface area (Å²) >= 11 is 0. The average Bonchev–Trinajstić information content (AvgIpc) is 2.99. The third kappa shape index (κ3) is 3.82. The van der Waals surface area contributed by atoms with Crippen LogP contribution in [0, 0.1) is 6.92 Å². The highest BCUT2D eigenvalue weighted by Crippen LogP contribution is 2.21. The van der Waals surface area contributed by atoms with Crippen molar-refractivity contribution < 1.29 is 9.21 Å². The monoisotopic (exact) mass is 337 g/mol. The molecule has 5 nitrogen and oxygen atoms in total. The summed E-state index contributed by atoms with van der Waals surface area (Å²) in [4.78, 5) is 19.0. The van der Waals surface area contributed by atoms with E-state index in [1.54, 1.807) is 13.0 Å². The van der Waals surface area contributed by atoms with Gasteiger partial charge in [-0.1, -0.05) is 6.92 Å². The Kier molecular flexibility index (Phi) is 5.03. The molecule has 1 N–H and O–H groups in total. The molecule has 1 aromatic heterocycles. The van der Waals surface area contributed by atoms with Gasteiger partial charge in [0.1, 0.15) is 5.52 Å². The van der Waals surface area contributed by atoms with E-state index >= 15 is 0 Å². The molecule has 0 aliphatic heterocycles. The molecule has 0 fully saturated rings. The van der Waals surface area contributed by atoms with Gasteiger partial charge in [-0.15, -0.1) is 0 Å². The van der Waals surface area contributed by atoms with Gasteiger partial charge in [0.2, 0.25) is 0 Å². The first-order valence-corrected chi connectivity index (χ1v) is 8.64. The Morgan fingerprint density at radius 3 is 2.60 bits per heavy atom. The minimum Gasteiger partial charge on any atom is -0.441 e.